The summed E-state index contributed by atoms with van der Waals surface area (Å²) in [6.07, 6.45) is 2.64. The Kier molecular flexibility index (Phi) is 7.69. The summed E-state index contributed by atoms with van der Waals surface area (Å²) in [6, 6.07) is 13.4. The van der Waals surface area contributed by atoms with Gasteiger partial charge in [0.15, 0.2) is 11.6 Å². The minimum Gasteiger partial charge on any atom is -0.435 e. The van der Waals surface area contributed by atoms with Gasteiger partial charge in [0.1, 0.15) is 11.9 Å². The molecule has 0 bridgehead atoms. The molecule has 0 amide bonds. The van der Waals surface area contributed by atoms with E-state index in [2.05, 4.69) is 30.0 Å². The molecule has 0 spiro atoms. The van der Waals surface area contributed by atoms with E-state index >= 15 is 0 Å². The third-order valence-electron chi connectivity index (χ3n) is 5.71. The number of halogens is 2. The standard InChI is InChI=1S/C24H25F2N5O3/c1-33-23(17-4-2-6-20(13-17)34-24(25)26)21(32)14-19-7-8-22(30-29-19)31-11-9-16(15-31)12-18-5-3-10-27-28-18/h2-8,10,13,16,23-24H,9,11-12,14-15H2,1H3/t16-,23-/m0/s1. The van der Waals surface area contributed by atoms with E-state index in [1.807, 2.05) is 18.2 Å². The fourth-order valence-corrected chi connectivity index (χ4v) is 4.14. The number of ketones is 1. The third-order valence-corrected chi connectivity index (χ3v) is 5.71. The Hall–Kier alpha value is -3.53. The number of nitrogens with zero attached hydrogens (tertiary/aromatic N) is 5. The molecule has 0 aliphatic carbocycles. The van der Waals surface area contributed by atoms with Crippen molar-refractivity contribution in [3.05, 3.63) is 71.7 Å². The lowest BCUT2D eigenvalue weighted by atomic mass is 10.0. The van der Waals surface area contributed by atoms with Crippen LogP contribution in [0, 0.1) is 5.92 Å². The summed E-state index contributed by atoms with van der Waals surface area (Å²) < 4.78 is 34.8. The minimum atomic E-state index is -2.95. The maximum atomic E-state index is 12.8. The van der Waals surface area contributed by atoms with E-state index in [0.29, 0.717) is 17.2 Å². The molecule has 0 radical (unpaired) electrons. The van der Waals surface area contributed by atoms with Crippen molar-refractivity contribution in [3.8, 4) is 5.75 Å². The highest BCUT2D eigenvalue weighted by Crippen LogP contribution is 2.26. The molecule has 1 saturated heterocycles. The molecule has 3 aromatic rings. The van der Waals surface area contributed by atoms with E-state index in [0.717, 1.165) is 37.4 Å². The highest BCUT2D eigenvalue weighted by Gasteiger charge is 2.25. The van der Waals surface area contributed by atoms with Crippen LogP contribution in [-0.4, -0.2) is 53.0 Å². The number of Topliss-reactive ketones (excluding diaryl/α,β-unsaturated/α-hetero) is 1. The van der Waals surface area contributed by atoms with Crippen LogP contribution in [0.4, 0.5) is 14.6 Å². The van der Waals surface area contributed by atoms with Crippen molar-refractivity contribution in [2.75, 3.05) is 25.1 Å². The smallest absolute Gasteiger partial charge is 0.387 e. The molecule has 0 unspecified atom stereocenters. The number of anilines is 1. The summed E-state index contributed by atoms with van der Waals surface area (Å²) in [5, 5.41) is 16.6. The van der Waals surface area contributed by atoms with Gasteiger partial charge in [0, 0.05) is 26.4 Å². The van der Waals surface area contributed by atoms with Gasteiger partial charge in [-0.1, -0.05) is 12.1 Å². The van der Waals surface area contributed by atoms with Crippen molar-refractivity contribution in [2.45, 2.75) is 32.0 Å². The zero-order valence-electron chi connectivity index (χ0n) is 18.7. The Morgan fingerprint density at radius 1 is 1.12 bits per heavy atom. The molecular weight excluding hydrogens is 444 g/mol. The lowest BCUT2D eigenvalue weighted by Crippen LogP contribution is -2.22. The number of ether oxygens (including phenoxy) is 2. The first-order valence-corrected chi connectivity index (χ1v) is 11.0. The van der Waals surface area contributed by atoms with Gasteiger partial charge in [-0.05, 0) is 60.7 Å². The Morgan fingerprint density at radius 2 is 2.00 bits per heavy atom. The summed E-state index contributed by atoms with van der Waals surface area (Å²) >= 11 is 0. The Bertz CT molecular complexity index is 1090. The number of alkyl halides is 2. The van der Waals surface area contributed by atoms with Gasteiger partial charge >= 0.3 is 6.61 Å². The van der Waals surface area contributed by atoms with Crippen LogP contribution in [0.5, 0.6) is 5.75 Å². The monoisotopic (exact) mass is 469 g/mol. The van der Waals surface area contributed by atoms with E-state index in [1.54, 1.807) is 18.3 Å². The summed E-state index contributed by atoms with van der Waals surface area (Å²) in [6.45, 7) is -1.22. The van der Waals surface area contributed by atoms with E-state index in [4.69, 9.17) is 4.74 Å². The lowest BCUT2D eigenvalue weighted by molar-refractivity contribution is -0.128. The highest BCUT2D eigenvalue weighted by atomic mass is 19.3. The highest BCUT2D eigenvalue weighted by molar-refractivity contribution is 5.86. The second-order valence-electron chi connectivity index (χ2n) is 8.11. The van der Waals surface area contributed by atoms with Crippen LogP contribution < -0.4 is 9.64 Å². The zero-order chi connectivity index (χ0) is 23.9. The van der Waals surface area contributed by atoms with Crippen LogP contribution in [0.15, 0.2) is 54.7 Å². The van der Waals surface area contributed by atoms with Gasteiger partial charge in [0.05, 0.1) is 17.8 Å². The molecule has 8 nitrogen and oxygen atoms in total. The van der Waals surface area contributed by atoms with Gasteiger partial charge in [-0.3, -0.25) is 4.79 Å². The molecule has 1 fully saturated rings. The average Bonchev–Trinajstić information content (AvgIpc) is 3.29. The van der Waals surface area contributed by atoms with Crippen LogP contribution in [0.1, 0.15) is 29.5 Å². The number of hydrogen-bond donors (Lipinski definition) is 0. The predicted octanol–water partition coefficient (Wildman–Crippen LogP) is 3.44. The Labute approximate surface area is 195 Å². The van der Waals surface area contributed by atoms with E-state index in [1.165, 1.54) is 25.3 Å². The zero-order valence-corrected chi connectivity index (χ0v) is 18.7. The molecule has 178 valence electrons. The second-order valence-corrected chi connectivity index (χ2v) is 8.11. The molecule has 10 heteroatoms. The maximum absolute atomic E-state index is 12.8. The minimum absolute atomic E-state index is 0.00101. The molecule has 34 heavy (non-hydrogen) atoms. The van der Waals surface area contributed by atoms with Gasteiger partial charge < -0.3 is 14.4 Å². The SMILES string of the molecule is CO[C@H](C(=O)Cc1ccc(N2CC[C@@H](Cc3cccnn3)C2)nn1)c1cccc(OC(F)F)c1. The molecule has 0 N–H and O–H groups in total. The van der Waals surface area contributed by atoms with Crippen LogP contribution >= 0.6 is 0 Å². The number of carbonyl (C=O) groups is 1. The topological polar surface area (TPSA) is 90.3 Å². The molecule has 1 aliphatic heterocycles. The van der Waals surface area contributed by atoms with E-state index in [-0.39, 0.29) is 18.0 Å². The van der Waals surface area contributed by atoms with Crippen molar-refractivity contribution in [3.63, 3.8) is 0 Å². The fraction of sp³-hybridized carbons (Fsp3) is 0.375. The molecule has 2 aromatic heterocycles. The first-order valence-electron chi connectivity index (χ1n) is 11.0. The number of hydrogen-bond acceptors (Lipinski definition) is 8. The quantitative estimate of drug-likeness (QED) is 0.446. The molecule has 0 saturated carbocycles. The molecule has 3 heterocycles. The van der Waals surface area contributed by atoms with Gasteiger partial charge in [-0.15, -0.1) is 5.10 Å². The molecule has 1 aromatic carbocycles. The molecular formula is C24H25F2N5O3. The van der Waals surface area contributed by atoms with E-state index in [9.17, 15) is 13.6 Å². The normalized spacial score (nSPS) is 16.6. The first-order chi connectivity index (χ1) is 16.5. The van der Waals surface area contributed by atoms with Crippen molar-refractivity contribution < 1.29 is 23.0 Å². The van der Waals surface area contributed by atoms with Crippen molar-refractivity contribution in [1.29, 1.82) is 0 Å². The second kappa shape index (κ2) is 11.1. The number of aromatic nitrogens is 4. The van der Waals surface area contributed by atoms with Crippen molar-refractivity contribution in [2.24, 2.45) is 5.92 Å². The summed E-state index contributed by atoms with van der Waals surface area (Å²) in [5.41, 5.74) is 1.92. The molecule has 4 rings (SSSR count). The molecule has 1 aliphatic rings. The van der Waals surface area contributed by atoms with Crippen LogP contribution in [-0.2, 0) is 22.4 Å². The number of carbonyl (C=O) groups excluding carboxylic acids is 1. The number of benzene rings is 1. The first kappa shape index (κ1) is 23.6. The average molecular weight is 469 g/mol. The Balaban J connectivity index is 1.35. The number of methoxy groups -OCH3 is 1. The van der Waals surface area contributed by atoms with Gasteiger partial charge in [-0.25, -0.2) is 0 Å². The van der Waals surface area contributed by atoms with Gasteiger partial charge in [-0.2, -0.15) is 24.1 Å². The van der Waals surface area contributed by atoms with Crippen molar-refractivity contribution >= 4 is 11.6 Å². The van der Waals surface area contributed by atoms with Gasteiger partial charge in [0.2, 0.25) is 0 Å². The summed E-state index contributed by atoms with van der Waals surface area (Å²) in [5.74, 6) is 0.934. The third kappa shape index (κ3) is 6.07. The van der Waals surface area contributed by atoms with Crippen LogP contribution in [0.25, 0.3) is 0 Å². The fourth-order valence-electron chi connectivity index (χ4n) is 4.14. The van der Waals surface area contributed by atoms with E-state index < -0.39 is 12.7 Å². The maximum Gasteiger partial charge on any atom is 0.387 e. The molecule has 2 atom stereocenters. The largest absolute Gasteiger partial charge is 0.435 e. The Morgan fingerprint density at radius 3 is 2.71 bits per heavy atom. The van der Waals surface area contributed by atoms with Crippen LogP contribution in [0.3, 0.4) is 0 Å². The van der Waals surface area contributed by atoms with Gasteiger partial charge in [0.25, 0.3) is 0 Å². The number of rotatable bonds is 10. The summed E-state index contributed by atoms with van der Waals surface area (Å²) in [7, 11) is 1.39. The van der Waals surface area contributed by atoms with Crippen molar-refractivity contribution in [1.82, 2.24) is 20.4 Å². The lowest BCUT2D eigenvalue weighted by Gasteiger charge is -2.17. The summed E-state index contributed by atoms with van der Waals surface area (Å²) in [4.78, 5) is 15.0. The predicted molar refractivity (Wildman–Crippen MR) is 120 cm³/mol. The van der Waals surface area contributed by atoms with Crippen LogP contribution in [0.2, 0.25) is 0 Å².